The molecule has 2 rings (SSSR count). The van der Waals surface area contributed by atoms with Crippen LogP contribution in [0, 0.1) is 0 Å². The summed E-state index contributed by atoms with van der Waals surface area (Å²) in [6, 6.07) is 10.4. The van der Waals surface area contributed by atoms with Gasteiger partial charge < -0.3 is 10.2 Å². The number of carboxylic acid groups (broad SMARTS) is 2. The molecule has 5 nitrogen and oxygen atoms in total. The Kier molecular flexibility index (Phi) is 5.33. The van der Waals surface area contributed by atoms with Crippen molar-refractivity contribution in [3.05, 3.63) is 35.9 Å². The van der Waals surface area contributed by atoms with Crippen molar-refractivity contribution in [2.45, 2.75) is 37.6 Å². The Labute approximate surface area is 124 Å². The van der Waals surface area contributed by atoms with Crippen molar-refractivity contribution in [2.75, 3.05) is 13.1 Å². The molecule has 0 amide bonds. The highest BCUT2D eigenvalue weighted by Gasteiger charge is 2.28. The largest absolute Gasteiger partial charge is 0.480 e. The van der Waals surface area contributed by atoms with Crippen molar-refractivity contribution >= 4 is 11.9 Å². The summed E-state index contributed by atoms with van der Waals surface area (Å²) in [5.74, 6) is -1.44. The Bertz CT molecular complexity index is 464. The van der Waals surface area contributed by atoms with Crippen LogP contribution >= 0.6 is 0 Å². The lowest BCUT2D eigenvalue weighted by molar-refractivity contribution is -0.143. The fraction of sp³-hybridized carbons (Fsp3) is 0.500. The molecular weight excluding hydrogens is 270 g/mol. The minimum atomic E-state index is -0.971. The number of nitrogens with zero attached hydrogens (tertiary/aromatic N) is 1. The molecule has 1 aliphatic carbocycles. The number of hydrogen-bond donors (Lipinski definition) is 2. The molecular formula is C16H21NO4. The molecule has 1 aromatic carbocycles. The van der Waals surface area contributed by atoms with Crippen molar-refractivity contribution in [1.29, 1.82) is 0 Å². The van der Waals surface area contributed by atoms with Gasteiger partial charge in [-0.2, -0.15) is 0 Å². The monoisotopic (exact) mass is 291 g/mol. The summed E-state index contributed by atoms with van der Waals surface area (Å²) in [4.78, 5) is 23.3. The molecule has 0 heterocycles. The zero-order valence-electron chi connectivity index (χ0n) is 11.9. The van der Waals surface area contributed by atoms with E-state index in [1.807, 2.05) is 18.2 Å². The normalized spacial score (nSPS) is 22.1. The predicted octanol–water partition coefficient (Wildman–Crippen LogP) is 2.18. The molecule has 2 N–H and O–H groups in total. The van der Waals surface area contributed by atoms with Gasteiger partial charge in [-0.15, -0.1) is 0 Å². The van der Waals surface area contributed by atoms with E-state index in [4.69, 9.17) is 10.2 Å². The van der Waals surface area contributed by atoms with Crippen LogP contribution in [0.5, 0.6) is 0 Å². The first-order chi connectivity index (χ1) is 10.1. The molecule has 0 aromatic heterocycles. The summed E-state index contributed by atoms with van der Waals surface area (Å²) in [5, 5.41) is 17.8. The second-order valence-corrected chi connectivity index (χ2v) is 5.61. The Hall–Kier alpha value is -1.88. The molecule has 0 saturated heterocycles. The lowest BCUT2D eigenvalue weighted by atomic mass is 9.81. The molecule has 21 heavy (non-hydrogen) atoms. The quantitative estimate of drug-likeness (QED) is 0.840. The maximum atomic E-state index is 10.9. The van der Waals surface area contributed by atoms with Crippen molar-refractivity contribution in [1.82, 2.24) is 4.90 Å². The third-order valence-corrected chi connectivity index (χ3v) is 4.16. The van der Waals surface area contributed by atoms with E-state index in [0.717, 1.165) is 25.7 Å². The van der Waals surface area contributed by atoms with Gasteiger partial charge in [-0.3, -0.25) is 14.5 Å². The molecule has 0 unspecified atom stereocenters. The maximum Gasteiger partial charge on any atom is 0.317 e. The van der Waals surface area contributed by atoms with Crippen molar-refractivity contribution in [3.63, 3.8) is 0 Å². The molecule has 1 saturated carbocycles. The van der Waals surface area contributed by atoms with Crippen LogP contribution in [0.25, 0.3) is 0 Å². The summed E-state index contributed by atoms with van der Waals surface area (Å²) >= 11 is 0. The molecule has 1 aromatic rings. The highest BCUT2D eigenvalue weighted by molar-refractivity contribution is 5.72. The fourth-order valence-electron chi connectivity index (χ4n) is 3.16. The average molecular weight is 291 g/mol. The summed E-state index contributed by atoms with van der Waals surface area (Å²) in [5.41, 5.74) is 1.32. The van der Waals surface area contributed by atoms with Gasteiger partial charge in [-0.1, -0.05) is 30.3 Å². The Morgan fingerprint density at radius 1 is 0.952 bits per heavy atom. The van der Waals surface area contributed by atoms with Gasteiger partial charge in [0.2, 0.25) is 0 Å². The SMILES string of the molecule is O=C(O)CN(CC(=O)O)C1CCC(c2ccccc2)CC1. The lowest BCUT2D eigenvalue weighted by Crippen LogP contribution is -2.43. The van der Waals surface area contributed by atoms with Gasteiger partial charge in [0.1, 0.15) is 0 Å². The zero-order chi connectivity index (χ0) is 15.2. The van der Waals surface area contributed by atoms with E-state index in [1.165, 1.54) is 5.56 Å². The van der Waals surface area contributed by atoms with Crippen molar-refractivity contribution < 1.29 is 19.8 Å². The Morgan fingerprint density at radius 2 is 1.48 bits per heavy atom. The average Bonchev–Trinajstić information content (AvgIpc) is 2.47. The van der Waals surface area contributed by atoms with Crippen LogP contribution in [0.4, 0.5) is 0 Å². The van der Waals surface area contributed by atoms with E-state index in [9.17, 15) is 9.59 Å². The first-order valence-electron chi connectivity index (χ1n) is 7.29. The molecule has 5 heteroatoms. The van der Waals surface area contributed by atoms with E-state index >= 15 is 0 Å². The van der Waals surface area contributed by atoms with Gasteiger partial charge in [-0.25, -0.2) is 0 Å². The molecule has 0 radical (unpaired) electrons. The van der Waals surface area contributed by atoms with Gasteiger partial charge >= 0.3 is 11.9 Å². The van der Waals surface area contributed by atoms with Crippen LogP contribution in [0.1, 0.15) is 37.2 Å². The van der Waals surface area contributed by atoms with Gasteiger partial charge in [0.25, 0.3) is 0 Å². The van der Waals surface area contributed by atoms with Crippen molar-refractivity contribution in [3.8, 4) is 0 Å². The van der Waals surface area contributed by atoms with E-state index in [2.05, 4.69) is 12.1 Å². The van der Waals surface area contributed by atoms with Gasteiger partial charge in [0.15, 0.2) is 0 Å². The van der Waals surface area contributed by atoms with Crippen LogP contribution < -0.4 is 0 Å². The second-order valence-electron chi connectivity index (χ2n) is 5.61. The van der Waals surface area contributed by atoms with E-state index in [1.54, 1.807) is 4.90 Å². The van der Waals surface area contributed by atoms with Crippen LogP contribution in [-0.2, 0) is 9.59 Å². The molecule has 0 spiro atoms. The number of aliphatic carboxylic acids is 2. The second kappa shape index (κ2) is 7.22. The lowest BCUT2D eigenvalue weighted by Gasteiger charge is -2.35. The number of carboxylic acids is 2. The smallest absolute Gasteiger partial charge is 0.317 e. The van der Waals surface area contributed by atoms with Crippen LogP contribution in [-0.4, -0.2) is 46.2 Å². The summed E-state index contributed by atoms with van der Waals surface area (Å²) in [7, 11) is 0. The summed E-state index contributed by atoms with van der Waals surface area (Å²) in [6.07, 6.45) is 3.65. The van der Waals surface area contributed by atoms with E-state index < -0.39 is 11.9 Å². The number of benzene rings is 1. The highest BCUT2D eigenvalue weighted by Crippen LogP contribution is 2.34. The fourth-order valence-corrected chi connectivity index (χ4v) is 3.16. The molecule has 1 fully saturated rings. The van der Waals surface area contributed by atoms with Crippen LogP contribution in [0.15, 0.2) is 30.3 Å². The first-order valence-corrected chi connectivity index (χ1v) is 7.29. The molecule has 0 bridgehead atoms. The van der Waals surface area contributed by atoms with Crippen LogP contribution in [0.3, 0.4) is 0 Å². The molecule has 0 aliphatic heterocycles. The summed E-state index contributed by atoms with van der Waals surface area (Å²) in [6.45, 7) is -0.403. The number of rotatable bonds is 6. The Balaban J connectivity index is 1.94. The standard InChI is InChI=1S/C16H21NO4/c18-15(19)10-17(11-16(20)21)14-8-6-13(7-9-14)12-4-2-1-3-5-12/h1-5,13-14H,6-11H2,(H,18,19)(H,20,21). The first kappa shape index (κ1) is 15.5. The number of hydrogen-bond acceptors (Lipinski definition) is 3. The minimum Gasteiger partial charge on any atom is -0.480 e. The topological polar surface area (TPSA) is 77.8 Å². The summed E-state index contributed by atoms with van der Waals surface area (Å²) < 4.78 is 0. The van der Waals surface area contributed by atoms with E-state index in [0.29, 0.717) is 5.92 Å². The highest BCUT2D eigenvalue weighted by atomic mass is 16.4. The number of carbonyl (C=O) groups is 2. The third-order valence-electron chi connectivity index (χ3n) is 4.16. The van der Waals surface area contributed by atoms with Gasteiger partial charge in [0, 0.05) is 6.04 Å². The molecule has 1 aliphatic rings. The third kappa shape index (κ3) is 4.56. The predicted molar refractivity (Wildman–Crippen MR) is 78.3 cm³/mol. The maximum absolute atomic E-state index is 10.9. The van der Waals surface area contributed by atoms with Gasteiger partial charge in [0.05, 0.1) is 13.1 Å². The molecule has 0 atom stereocenters. The minimum absolute atomic E-state index is 0.0529. The van der Waals surface area contributed by atoms with E-state index in [-0.39, 0.29) is 19.1 Å². The van der Waals surface area contributed by atoms with Crippen molar-refractivity contribution in [2.24, 2.45) is 0 Å². The Morgan fingerprint density at radius 3 is 1.95 bits per heavy atom. The zero-order valence-corrected chi connectivity index (χ0v) is 11.9. The van der Waals surface area contributed by atoms with Gasteiger partial charge in [-0.05, 0) is 37.2 Å². The molecule has 114 valence electrons. The van der Waals surface area contributed by atoms with Crippen LogP contribution in [0.2, 0.25) is 0 Å².